The minimum Gasteiger partial charge on any atom is -0.495 e. The Morgan fingerprint density at radius 2 is 2.00 bits per heavy atom. The molecule has 0 N–H and O–H groups in total. The van der Waals surface area contributed by atoms with Gasteiger partial charge in [0.1, 0.15) is 10.6 Å². The second kappa shape index (κ2) is 8.15. The molecule has 2 rings (SSSR count). The summed E-state index contributed by atoms with van der Waals surface area (Å²) in [5, 5.41) is 0.321. The van der Waals surface area contributed by atoms with Crippen molar-refractivity contribution >= 4 is 33.2 Å². The monoisotopic (exact) mass is 416 g/mol. The van der Waals surface area contributed by atoms with Gasteiger partial charge in [-0.1, -0.05) is 24.9 Å². The number of benzene rings is 1. The Bertz CT molecular complexity index is 938. The van der Waals surface area contributed by atoms with Crippen molar-refractivity contribution in [3.8, 4) is 5.75 Å². The lowest BCUT2D eigenvalue weighted by Gasteiger charge is -2.19. The summed E-state index contributed by atoms with van der Waals surface area (Å²) in [5.41, 5.74) is 0.799. The quantitative estimate of drug-likeness (QED) is 0.691. The first-order valence-corrected chi connectivity index (χ1v) is 11.0. The average molecular weight is 417 g/mol. The highest BCUT2D eigenvalue weighted by Gasteiger charge is 2.21. The number of hydrogen-bond donors (Lipinski definition) is 0. The molecule has 26 heavy (non-hydrogen) atoms. The van der Waals surface area contributed by atoms with Gasteiger partial charge < -0.3 is 4.74 Å². The molecule has 0 atom stereocenters. The van der Waals surface area contributed by atoms with Crippen LogP contribution in [-0.2, 0) is 22.0 Å². The number of halogens is 1. The second-order valence-electron chi connectivity index (χ2n) is 7.01. The van der Waals surface area contributed by atoms with Crippen LogP contribution in [0.2, 0.25) is 5.02 Å². The zero-order valence-electron chi connectivity index (χ0n) is 15.7. The van der Waals surface area contributed by atoms with Gasteiger partial charge in [-0.05, 0) is 63.3 Å². The van der Waals surface area contributed by atoms with E-state index in [4.69, 9.17) is 16.3 Å². The van der Waals surface area contributed by atoms with E-state index < -0.39 is 10.0 Å². The van der Waals surface area contributed by atoms with Crippen LogP contribution in [0.3, 0.4) is 0 Å². The zero-order valence-corrected chi connectivity index (χ0v) is 18.1. The Hall–Kier alpha value is -1.31. The maximum atomic E-state index is 12.9. The molecule has 0 saturated carbocycles. The lowest BCUT2D eigenvalue weighted by Crippen LogP contribution is -2.18. The van der Waals surface area contributed by atoms with Crippen molar-refractivity contribution < 1.29 is 13.2 Å². The summed E-state index contributed by atoms with van der Waals surface area (Å²) in [6, 6.07) is 4.49. The normalized spacial score (nSPS) is 13.2. The summed E-state index contributed by atoms with van der Waals surface area (Å²) < 4.78 is 37.7. The van der Waals surface area contributed by atoms with Crippen molar-refractivity contribution in [2.75, 3.05) is 7.11 Å². The molecule has 0 unspecified atom stereocenters. The number of sulfonamides is 1. The molecule has 1 heterocycles. The number of aryl methyl sites for hydroxylation is 1. The van der Waals surface area contributed by atoms with Crippen molar-refractivity contribution in [3.63, 3.8) is 0 Å². The molecule has 0 aliphatic carbocycles. The molecule has 0 aliphatic rings. The zero-order chi connectivity index (χ0) is 19.5. The first kappa shape index (κ1) is 21.0. The predicted molar refractivity (Wildman–Crippen MR) is 107 cm³/mol. The number of methoxy groups -OCH3 is 1. The Balaban J connectivity index is 2.63. The van der Waals surface area contributed by atoms with Gasteiger partial charge in [0, 0.05) is 22.3 Å². The minimum atomic E-state index is -3.95. The molecule has 0 bridgehead atoms. The summed E-state index contributed by atoms with van der Waals surface area (Å²) in [5.74, 6) is 0.230. The summed E-state index contributed by atoms with van der Waals surface area (Å²) in [4.78, 5) is -0.0235. The molecule has 5 nitrogen and oxygen atoms in total. The Morgan fingerprint density at radius 1 is 1.31 bits per heavy atom. The summed E-state index contributed by atoms with van der Waals surface area (Å²) >= 11 is 7.34. The lowest BCUT2D eigenvalue weighted by atomic mass is 10.1. The maximum Gasteiger partial charge on any atom is 0.287 e. The van der Waals surface area contributed by atoms with Crippen LogP contribution in [0.5, 0.6) is 5.75 Å². The van der Waals surface area contributed by atoms with Crippen LogP contribution >= 0.6 is 23.1 Å². The number of unbranched alkanes of at least 4 members (excludes halogenated alkanes) is 1. The van der Waals surface area contributed by atoms with Crippen LogP contribution in [-0.4, -0.2) is 19.5 Å². The minimum absolute atomic E-state index is 0.0235. The molecule has 0 radical (unpaired) electrons. The lowest BCUT2D eigenvalue weighted by molar-refractivity contribution is 0.403. The van der Waals surface area contributed by atoms with E-state index in [2.05, 4.69) is 32.1 Å². The average Bonchev–Trinajstić information content (AvgIpc) is 2.95. The van der Waals surface area contributed by atoms with E-state index in [0.29, 0.717) is 9.69 Å². The molecular weight excluding hydrogens is 392 g/mol. The summed E-state index contributed by atoms with van der Waals surface area (Å²) in [6.07, 6.45) is 4.80. The molecule has 144 valence electrons. The van der Waals surface area contributed by atoms with Crippen molar-refractivity contribution in [2.45, 2.75) is 57.4 Å². The Kier molecular flexibility index (Phi) is 6.58. The van der Waals surface area contributed by atoms with E-state index in [-0.39, 0.29) is 16.2 Å². The van der Waals surface area contributed by atoms with Gasteiger partial charge >= 0.3 is 0 Å². The summed E-state index contributed by atoms with van der Waals surface area (Å²) in [7, 11) is -2.52. The standard InChI is InChI=1S/C18H25ClN2O3S2/c1-6-7-8-13-12-21(18(2,3)4)25-17(13)20-26(22,23)16-11-14(19)9-10-15(16)24-5/h9-12H,6-8H2,1-5H3. The highest BCUT2D eigenvalue weighted by molar-refractivity contribution is 7.90. The third-order valence-electron chi connectivity index (χ3n) is 3.80. The van der Waals surface area contributed by atoms with E-state index >= 15 is 0 Å². The first-order chi connectivity index (χ1) is 12.1. The van der Waals surface area contributed by atoms with Crippen molar-refractivity contribution in [1.29, 1.82) is 0 Å². The number of nitrogens with zero attached hydrogens (tertiary/aromatic N) is 2. The number of hydrogen-bond acceptors (Lipinski definition) is 4. The molecule has 1 aromatic heterocycles. The van der Waals surface area contributed by atoms with Crippen LogP contribution in [0.15, 0.2) is 33.7 Å². The third kappa shape index (κ3) is 4.90. The molecule has 0 spiro atoms. The van der Waals surface area contributed by atoms with Crippen molar-refractivity contribution in [1.82, 2.24) is 3.96 Å². The molecule has 0 aliphatic heterocycles. The van der Waals surface area contributed by atoms with E-state index in [1.165, 1.54) is 30.8 Å². The van der Waals surface area contributed by atoms with Crippen molar-refractivity contribution in [3.05, 3.63) is 39.7 Å². The van der Waals surface area contributed by atoms with Gasteiger partial charge in [-0.3, -0.25) is 3.96 Å². The van der Waals surface area contributed by atoms with Gasteiger partial charge in [-0.15, -0.1) is 4.40 Å². The van der Waals surface area contributed by atoms with Crippen LogP contribution in [0.1, 0.15) is 46.1 Å². The first-order valence-electron chi connectivity index (χ1n) is 8.45. The SMILES string of the molecule is CCCCc1cn(C(C)(C)C)sc1=NS(=O)(=O)c1cc(Cl)ccc1OC. The molecule has 0 fully saturated rings. The molecule has 0 saturated heterocycles. The molecule has 1 aromatic carbocycles. The summed E-state index contributed by atoms with van der Waals surface area (Å²) in [6.45, 7) is 8.33. The fourth-order valence-electron chi connectivity index (χ4n) is 2.33. The smallest absolute Gasteiger partial charge is 0.287 e. The maximum absolute atomic E-state index is 12.9. The van der Waals surface area contributed by atoms with Crippen LogP contribution in [0.25, 0.3) is 0 Å². The van der Waals surface area contributed by atoms with Gasteiger partial charge in [-0.2, -0.15) is 8.42 Å². The largest absolute Gasteiger partial charge is 0.495 e. The molecular formula is C18H25ClN2O3S2. The third-order valence-corrected chi connectivity index (χ3v) is 6.82. The number of ether oxygens (including phenoxy) is 1. The molecule has 0 amide bonds. The van der Waals surface area contributed by atoms with Crippen molar-refractivity contribution in [2.24, 2.45) is 4.40 Å². The predicted octanol–water partition coefficient (Wildman–Crippen LogP) is 4.60. The fourth-order valence-corrected chi connectivity index (χ4v) is 5.02. The van der Waals surface area contributed by atoms with E-state index in [1.54, 1.807) is 6.07 Å². The number of aromatic nitrogens is 1. The van der Waals surface area contributed by atoms with E-state index in [9.17, 15) is 8.42 Å². The van der Waals surface area contributed by atoms with Crippen LogP contribution in [0.4, 0.5) is 0 Å². The van der Waals surface area contributed by atoms with Gasteiger partial charge in [0.15, 0.2) is 4.67 Å². The fraction of sp³-hybridized carbons (Fsp3) is 0.500. The van der Waals surface area contributed by atoms with Crippen LogP contribution in [0, 0.1) is 0 Å². The van der Waals surface area contributed by atoms with Gasteiger partial charge in [0.25, 0.3) is 10.0 Å². The van der Waals surface area contributed by atoms with Gasteiger partial charge in [0.05, 0.1) is 7.11 Å². The topological polar surface area (TPSA) is 60.7 Å². The number of rotatable bonds is 6. The molecule has 2 aromatic rings. The van der Waals surface area contributed by atoms with Gasteiger partial charge in [-0.25, -0.2) is 0 Å². The highest BCUT2D eigenvalue weighted by atomic mass is 35.5. The Labute approximate surface area is 164 Å². The Morgan fingerprint density at radius 3 is 2.58 bits per heavy atom. The van der Waals surface area contributed by atoms with E-state index in [0.717, 1.165) is 24.8 Å². The van der Waals surface area contributed by atoms with Gasteiger partial charge in [0.2, 0.25) is 0 Å². The highest BCUT2D eigenvalue weighted by Crippen LogP contribution is 2.28. The van der Waals surface area contributed by atoms with E-state index in [1.807, 2.05) is 10.2 Å². The molecule has 8 heteroatoms. The van der Waals surface area contributed by atoms with Crippen LogP contribution < -0.4 is 9.41 Å². The second-order valence-corrected chi connectivity index (χ2v) is 9.98.